The second-order valence-electron chi connectivity index (χ2n) is 5.75. The van der Waals surface area contributed by atoms with Crippen LogP contribution in [0.1, 0.15) is 45.4 Å². The molecule has 0 fully saturated rings. The summed E-state index contributed by atoms with van der Waals surface area (Å²) < 4.78 is 0. The van der Waals surface area contributed by atoms with E-state index in [1.165, 1.54) is 0 Å². The van der Waals surface area contributed by atoms with Crippen molar-refractivity contribution in [1.29, 1.82) is 0 Å². The van der Waals surface area contributed by atoms with Crippen molar-refractivity contribution >= 4 is 5.97 Å². The number of hydrogen-bond donors (Lipinski definition) is 3. The van der Waals surface area contributed by atoms with Gasteiger partial charge in [0.25, 0.3) is 0 Å². The van der Waals surface area contributed by atoms with Gasteiger partial charge in [-0.3, -0.25) is 4.79 Å². The first-order chi connectivity index (χ1) is 12.6. The third-order valence-electron chi connectivity index (χ3n) is 3.36. The second-order valence-corrected chi connectivity index (χ2v) is 5.75. The molecule has 0 spiro atoms. The fourth-order valence-electron chi connectivity index (χ4n) is 1.82. The number of carbonyl (C=O) groups is 1. The van der Waals surface area contributed by atoms with E-state index in [2.05, 4.69) is 0 Å². The Labute approximate surface area is 157 Å². The van der Waals surface area contributed by atoms with Gasteiger partial charge in [0.05, 0.1) is 12.2 Å². The number of allylic oxidation sites excluding steroid dienone is 9. The third kappa shape index (κ3) is 18.2. The number of carboxylic acid groups (broad SMARTS) is 1. The van der Waals surface area contributed by atoms with Gasteiger partial charge in [0.15, 0.2) is 0 Å². The van der Waals surface area contributed by atoms with Gasteiger partial charge in [-0.15, -0.1) is 0 Å². The largest absolute Gasteiger partial charge is 0.481 e. The van der Waals surface area contributed by atoms with E-state index in [-0.39, 0.29) is 6.42 Å². The number of hydrogen-bond acceptors (Lipinski definition) is 3. The maximum absolute atomic E-state index is 10.3. The maximum Gasteiger partial charge on any atom is 0.303 e. The van der Waals surface area contributed by atoms with Gasteiger partial charge in [0.1, 0.15) is 0 Å². The lowest BCUT2D eigenvalue weighted by atomic mass is 10.2. The Balaban J connectivity index is 3.79. The topological polar surface area (TPSA) is 77.8 Å². The van der Waals surface area contributed by atoms with Gasteiger partial charge < -0.3 is 15.3 Å². The van der Waals surface area contributed by atoms with Crippen molar-refractivity contribution in [3.63, 3.8) is 0 Å². The number of rotatable bonds is 14. The van der Waals surface area contributed by atoms with E-state index in [4.69, 9.17) is 5.11 Å². The normalized spacial score (nSPS) is 15.5. The molecule has 3 N–H and O–H groups in total. The highest BCUT2D eigenvalue weighted by atomic mass is 16.4. The fraction of sp³-hybridized carbons (Fsp3) is 0.409. The van der Waals surface area contributed by atoms with Crippen molar-refractivity contribution in [2.45, 2.75) is 57.7 Å². The molecule has 0 rings (SSSR count). The van der Waals surface area contributed by atoms with Crippen molar-refractivity contribution in [3.8, 4) is 0 Å². The highest BCUT2D eigenvalue weighted by Gasteiger charge is 1.93. The Morgan fingerprint density at radius 1 is 0.808 bits per heavy atom. The van der Waals surface area contributed by atoms with Crippen molar-refractivity contribution < 1.29 is 20.1 Å². The predicted molar refractivity (Wildman–Crippen MR) is 108 cm³/mol. The summed E-state index contributed by atoms with van der Waals surface area (Å²) >= 11 is 0. The minimum absolute atomic E-state index is 0.176. The molecular weight excluding hydrogens is 328 g/mol. The van der Waals surface area contributed by atoms with E-state index in [1.807, 2.05) is 61.6 Å². The van der Waals surface area contributed by atoms with Gasteiger partial charge in [-0.2, -0.15) is 0 Å². The number of aliphatic carboxylic acids is 1. The zero-order valence-electron chi connectivity index (χ0n) is 15.6. The molecule has 0 unspecified atom stereocenters. The van der Waals surface area contributed by atoms with Crippen LogP contribution in [-0.4, -0.2) is 33.5 Å². The zero-order valence-corrected chi connectivity index (χ0v) is 15.6. The first kappa shape index (κ1) is 23.8. The molecule has 2 atom stereocenters. The molecule has 0 heterocycles. The van der Waals surface area contributed by atoms with Crippen LogP contribution >= 0.6 is 0 Å². The quantitative estimate of drug-likeness (QED) is 0.315. The minimum Gasteiger partial charge on any atom is -0.481 e. The molecule has 0 bridgehead atoms. The van der Waals surface area contributed by atoms with E-state index in [0.717, 1.165) is 12.8 Å². The first-order valence-electron chi connectivity index (χ1n) is 9.10. The van der Waals surface area contributed by atoms with Gasteiger partial charge >= 0.3 is 5.97 Å². The summed E-state index contributed by atoms with van der Waals surface area (Å²) in [7, 11) is 0. The molecule has 0 amide bonds. The van der Waals surface area contributed by atoms with Gasteiger partial charge in [0, 0.05) is 6.42 Å². The highest BCUT2D eigenvalue weighted by Crippen LogP contribution is 1.99. The molecule has 0 aliphatic rings. The van der Waals surface area contributed by atoms with Crippen molar-refractivity contribution in [2.24, 2.45) is 0 Å². The van der Waals surface area contributed by atoms with E-state index in [0.29, 0.717) is 19.3 Å². The Kier molecular flexibility index (Phi) is 16.2. The van der Waals surface area contributed by atoms with Crippen LogP contribution < -0.4 is 0 Å². The molecule has 0 saturated heterocycles. The van der Waals surface area contributed by atoms with Gasteiger partial charge in [0.2, 0.25) is 0 Å². The SMILES string of the molecule is CC[C@@H](O)/C=C/C=C\C[C@@H](O)/C=C/C=C\C/C=C\C/C=C\CCC(=O)O. The van der Waals surface area contributed by atoms with Crippen molar-refractivity contribution in [1.82, 2.24) is 0 Å². The average Bonchev–Trinajstić information content (AvgIpc) is 2.61. The highest BCUT2D eigenvalue weighted by molar-refractivity contribution is 5.66. The number of aliphatic hydroxyl groups is 2. The fourth-order valence-corrected chi connectivity index (χ4v) is 1.82. The van der Waals surface area contributed by atoms with Crippen LogP contribution in [0, 0.1) is 0 Å². The number of carboxylic acids is 1. The van der Waals surface area contributed by atoms with Crippen LogP contribution in [0.4, 0.5) is 0 Å². The molecule has 26 heavy (non-hydrogen) atoms. The van der Waals surface area contributed by atoms with Crippen LogP contribution in [0.2, 0.25) is 0 Å². The van der Waals surface area contributed by atoms with Crippen LogP contribution in [-0.2, 0) is 4.79 Å². The molecule has 0 saturated carbocycles. The van der Waals surface area contributed by atoms with E-state index >= 15 is 0 Å². The molecule has 4 nitrogen and oxygen atoms in total. The summed E-state index contributed by atoms with van der Waals surface area (Å²) in [6, 6.07) is 0. The Bertz CT molecular complexity index is 524. The maximum atomic E-state index is 10.3. The van der Waals surface area contributed by atoms with Gasteiger partial charge in [-0.05, 0) is 32.1 Å². The zero-order chi connectivity index (χ0) is 19.5. The summed E-state index contributed by atoms with van der Waals surface area (Å²) in [5.74, 6) is -0.770. The summed E-state index contributed by atoms with van der Waals surface area (Å²) in [5.41, 5.74) is 0. The van der Waals surface area contributed by atoms with Crippen LogP contribution in [0.25, 0.3) is 0 Å². The Morgan fingerprint density at radius 3 is 2.04 bits per heavy atom. The lowest BCUT2D eigenvalue weighted by Gasteiger charge is -1.99. The molecule has 4 heteroatoms. The Hall–Kier alpha value is -2.17. The lowest BCUT2D eigenvalue weighted by molar-refractivity contribution is -0.136. The van der Waals surface area contributed by atoms with Gasteiger partial charge in [-0.1, -0.05) is 79.8 Å². The van der Waals surface area contributed by atoms with E-state index in [9.17, 15) is 15.0 Å². The molecule has 0 aromatic rings. The van der Waals surface area contributed by atoms with E-state index < -0.39 is 18.2 Å². The predicted octanol–water partition coefficient (Wildman–Crippen LogP) is 4.49. The van der Waals surface area contributed by atoms with Gasteiger partial charge in [-0.25, -0.2) is 0 Å². The van der Waals surface area contributed by atoms with Crippen molar-refractivity contribution in [2.75, 3.05) is 0 Å². The van der Waals surface area contributed by atoms with Crippen LogP contribution in [0.5, 0.6) is 0 Å². The summed E-state index contributed by atoms with van der Waals surface area (Å²) in [4.78, 5) is 10.3. The minimum atomic E-state index is -0.770. The monoisotopic (exact) mass is 360 g/mol. The average molecular weight is 360 g/mol. The number of aliphatic hydroxyl groups excluding tert-OH is 2. The Morgan fingerprint density at radius 2 is 1.38 bits per heavy atom. The summed E-state index contributed by atoms with van der Waals surface area (Å²) in [6.45, 7) is 1.92. The second kappa shape index (κ2) is 17.6. The molecule has 0 aromatic carbocycles. The molecule has 144 valence electrons. The molecular formula is C22H32O4. The third-order valence-corrected chi connectivity index (χ3v) is 3.36. The lowest BCUT2D eigenvalue weighted by Crippen LogP contribution is -1.99. The molecule has 0 aliphatic carbocycles. The summed E-state index contributed by atoms with van der Waals surface area (Å²) in [5, 5.41) is 27.6. The standard InChI is InChI=1S/C22H32O4/c1-2-20(23)16-13-11-14-18-21(24)17-12-9-7-5-3-4-6-8-10-15-19-22(25)26/h3-4,7-14,16-17,20-21,23-24H,2,5-6,15,18-19H2,1H3,(H,25,26)/b4-3-,9-7-,10-8-,14-11-,16-13+,17-12+/t20-,21+/m1/s1. The van der Waals surface area contributed by atoms with Crippen LogP contribution in [0.15, 0.2) is 72.9 Å². The van der Waals surface area contributed by atoms with Crippen LogP contribution in [0.3, 0.4) is 0 Å². The van der Waals surface area contributed by atoms with E-state index in [1.54, 1.807) is 18.2 Å². The smallest absolute Gasteiger partial charge is 0.303 e. The first-order valence-corrected chi connectivity index (χ1v) is 9.10. The molecule has 0 aliphatic heterocycles. The van der Waals surface area contributed by atoms with Crippen molar-refractivity contribution in [3.05, 3.63) is 72.9 Å². The molecule has 0 aromatic heterocycles. The summed E-state index contributed by atoms with van der Waals surface area (Å²) in [6.07, 6.45) is 25.3. The molecule has 0 radical (unpaired) electrons.